The number of aryl methyl sites for hydroxylation is 2. The van der Waals surface area contributed by atoms with Crippen LogP contribution in [0.5, 0.6) is 11.5 Å². The van der Waals surface area contributed by atoms with Gasteiger partial charge in [0.2, 0.25) is 12.2 Å². The van der Waals surface area contributed by atoms with Gasteiger partial charge in [0, 0.05) is 31.5 Å². The molecule has 0 aliphatic carbocycles. The van der Waals surface area contributed by atoms with Gasteiger partial charge in [0.15, 0.2) is 11.5 Å². The van der Waals surface area contributed by atoms with E-state index in [1.54, 1.807) is 52.3 Å². The lowest BCUT2D eigenvalue weighted by Gasteiger charge is -2.43. The Balaban J connectivity index is 0.000000233. The van der Waals surface area contributed by atoms with Gasteiger partial charge in [0.1, 0.15) is 5.78 Å². The molecule has 2 aliphatic heterocycles. The van der Waals surface area contributed by atoms with Crippen molar-refractivity contribution >= 4 is 29.7 Å². The molecule has 0 radical (unpaired) electrons. The number of carbonyl (C=O) groups excluding carboxylic acids is 3. The fourth-order valence-corrected chi connectivity index (χ4v) is 6.28. The number of ketones is 1. The molecular weight excluding hydrogens is 658 g/mol. The van der Waals surface area contributed by atoms with E-state index in [1.807, 2.05) is 0 Å². The zero-order valence-corrected chi connectivity index (χ0v) is 29.7. The van der Waals surface area contributed by atoms with Crippen LogP contribution in [-0.2, 0) is 30.3 Å². The first-order chi connectivity index (χ1) is 24.2. The topological polar surface area (TPSA) is 166 Å². The minimum atomic E-state index is -2.22. The summed E-state index contributed by atoms with van der Waals surface area (Å²) < 4.78 is 20.5. The molecule has 3 aromatic rings. The van der Waals surface area contributed by atoms with Crippen molar-refractivity contribution in [3.8, 4) is 11.5 Å². The van der Waals surface area contributed by atoms with Gasteiger partial charge in [0.05, 0.1) is 25.3 Å². The fraction of sp³-hybridized carbons (Fsp3) is 0.410. The van der Waals surface area contributed by atoms with Crippen molar-refractivity contribution in [2.75, 3.05) is 27.3 Å². The molecule has 0 amide bonds. The van der Waals surface area contributed by atoms with Crippen LogP contribution in [0.15, 0.2) is 60.7 Å². The van der Waals surface area contributed by atoms with Crippen LogP contribution in [0.3, 0.4) is 0 Å². The van der Waals surface area contributed by atoms with Crippen molar-refractivity contribution < 1.29 is 53.1 Å². The van der Waals surface area contributed by atoms with Crippen molar-refractivity contribution in [3.05, 3.63) is 94.0 Å². The van der Waals surface area contributed by atoms with Gasteiger partial charge in [0.25, 0.3) is 0 Å². The number of fused-ring (bicyclic) bond motifs is 3. The van der Waals surface area contributed by atoms with E-state index in [9.17, 15) is 34.2 Å². The zero-order valence-electron chi connectivity index (χ0n) is 29.7. The number of ether oxygens (including phenoxy) is 4. The molecule has 2 aliphatic rings. The largest absolute Gasteiger partial charge is 0.493 e. The molecule has 0 aromatic heterocycles. The number of carboxylic acids is 2. The summed E-state index contributed by atoms with van der Waals surface area (Å²) in [5.41, 5.74) is 4.32. The van der Waals surface area contributed by atoms with Gasteiger partial charge in [-0.1, -0.05) is 49.2 Å². The Morgan fingerprint density at radius 1 is 0.784 bits per heavy atom. The molecule has 1 fully saturated rings. The molecule has 12 nitrogen and oxygen atoms in total. The van der Waals surface area contributed by atoms with Crippen molar-refractivity contribution in [2.45, 2.75) is 65.2 Å². The maximum atomic E-state index is 12.6. The van der Waals surface area contributed by atoms with E-state index in [0.717, 1.165) is 48.6 Å². The Morgan fingerprint density at radius 2 is 1.25 bits per heavy atom. The molecule has 272 valence electrons. The summed E-state index contributed by atoms with van der Waals surface area (Å²) in [7, 11) is 3.33. The lowest BCUT2D eigenvalue weighted by molar-refractivity contribution is -0.166. The van der Waals surface area contributed by atoms with Crippen molar-refractivity contribution in [2.24, 2.45) is 11.8 Å². The number of esters is 2. The van der Waals surface area contributed by atoms with E-state index in [1.165, 1.54) is 35.4 Å². The van der Waals surface area contributed by atoms with E-state index < -0.39 is 36.1 Å². The summed E-state index contributed by atoms with van der Waals surface area (Å²) in [6, 6.07) is 16.4. The highest BCUT2D eigenvalue weighted by Gasteiger charge is 2.41. The minimum Gasteiger partial charge on any atom is -0.493 e. The van der Waals surface area contributed by atoms with Crippen molar-refractivity contribution in [1.82, 2.24) is 4.90 Å². The van der Waals surface area contributed by atoms with Crippen LogP contribution < -0.4 is 9.47 Å². The SMILES string of the molecule is COc1cc2c(cc1OC)[C@H]1CC(=O)[C@H](CC(C)C)CN1CC2.Cc1ccc(C(=O)O[C@H](C(=O)O)[C@H](OC(=O)c2ccc(C)cc2)C(=O)O)cc1. The first-order valence-corrected chi connectivity index (χ1v) is 16.7. The van der Waals surface area contributed by atoms with Crippen molar-refractivity contribution in [3.63, 3.8) is 0 Å². The Morgan fingerprint density at radius 3 is 1.69 bits per heavy atom. The molecule has 2 N–H and O–H groups in total. The Bertz CT molecular complexity index is 1660. The number of hydrogen-bond acceptors (Lipinski definition) is 10. The third-order valence-corrected chi connectivity index (χ3v) is 8.98. The number of carbonyl (C=O) groups is 5. The number of hydrogen-bond donors (Lipinski definition) is 2. The molecule has 0 unspecified atom stereocenters. The van der Waals surface area contributed by atoms with Crippen LogP contribution in [0.1, 0.15) is 75.7 Å². The number of rotatable bonds is 11. The first kappa shape index (κ1) is 38.6. The molecule has 3 aromatic carbocycles. The van der Waals surface area contributed by atoms with Gasteiger partial charge in [-0.2, -0.15) is 0 Å². The van der Waals surface area contributed by atoms with Gasteiger partial charge in [-0.15, -0.1) is 0 Å². The lowest BCUT2D eigenvalue weighted by atomic mass is 9.80. The molecule has 0 spiro atoms. The van der Waals surface area contributed by atoms with Crippen LogP contribution in [-0.4, -0.2) is 84.3 Å². The second-order valence-corrected chi connectivity index (χ2v) is 13.2. The average molecular weight is 704 g/mol. The van der Waals surface area contributed by atoms with Crippen molar-refractivity contribution in [1.29, 1.82) is 0 Å². The van der Waals surface area contributed by atoms with Gasteiger partial charge < -0.3 is 29.2 Å². The number of aliphatic carboxylic acids is 2. The number of carboxylic acid groups (broad SMARTS) is 2. The molecule has 2 heterocycles. The molecule has 4 atom stereocenters. The van der Waals surface area contributed by atoms with Crippen LogP contribution >= 0.6 is 0 Å². The summed E-state index contributed by atoms with van der Waals surface area (Å²) in [6.07, 6.45) is -1.81. The normalized spacial score (nSPS) is 17.8. The van der Waals surface area contributed by atoms with E-state index in [2.05, 4.69) is 30.9 Å². The number of Topliss-reactive ketones (excluding diaryl/α,β-unsaturated/α-hetero) is 1. The molecule has 1 saturated heterocycles. The smallest absolute Gasteiger partial charge is 0.349 e. The molecule has 51 heavy (non-hydrogen) atoms. The van der Waals surface area contributed by atoms with E-state index >= 15 is 0 Å². The maximum Gasteiger partial charge on any atom is 0.349 e. The maximum absolute atomic E-state index is 12.6. The molecule has 5 rings (SSSR count). The highest BCUT2D eigenvalue weighted by molar-refractivity contribution is 5.95. The van der Waals surface area contributed by atoms with Crippen LogP contribution in [0, 0.1) is 25.7 Å². The first-order valence-electron chi connectivity index (χ1n) is 16.7. The zero-order chi connectivity index (χ0) is 37.4. The lowest BCUT2D eigenvalue weighted by Crippen LogP contribution is -2.46. The Kier molecular flexibility index (Phi) is 13.0. The van der Waals surface area contributed by atoms with E-state index in [0.29, 0.717) is 18.1 Å². The molecule has 0 bridgehead atoms. The van der Waals surface area contributed by atoms with Crippen LogP contribution in [0.4, 0.5) is 0 Å². The molecule has 12 heteroatoms. The van der Waals surface area contributed by atoms with E-state index in [-0.39, 0.29) is 23.1 Å². The number of nitrogens with zero attached hydrogens (tertiary/aromatic N) is 1. The Labute approximate surface area is 297 Å². The van der Waals surface area contributed by atoms with Crippen LogP contribution in [0.25, 0.3) is 0 Å². The highest BCUT2D eigenvalue weighted by atomic mass is 16.6. The molecular formula is C39H45NO11. The van der Waals surface area contributed by atoms with E-state index in [4.69, 9.17) is 18.9 Å². The monoisotopic (exact) mass is 703 g/mol. The number of methoxy groups -OCH3 is 2. The average Bonchev–Trinajstić information content (AvgIpc) is 3.09. The third-order valence-electron chi connectivity index (χ3n) is 8.98. The second-order valence-electron chi connectivity index (χ2n) is 13.2. The summed E-state index contributed by atoms with van der Waals surface area (Å²) in [5, 5.41) is 18.6. The Hall–Kier alpha value is -5.23. The standard InChI is InChI=1S/C20H18O8.C19H27NO3/c1-11-3-7-13(8-4-11)19(25)27-15(17(21)22)16(18(23)24)28-20(26)14-9-5-12(2)6-10-14;1-12(2)7-14-11-20-6-5-13-8-18(22-3)19(23-4)9-15(13)16(20)10-17(14)21/h3-10,15-16H,1-2H3,(H,21,22)(H,23,24);8-9,12,14,16H,5-7,10-11H2,1-4H3/t15-,16-;14-,16-/m01/s1. The predicted molar refractivity (Wildman–Crippen MR) is 186 cm³/mol. The summed E-state index contributed by atoms with van der Waals surface area (Å²) in [4.78, 5) is 62.4. The third kappa shape index (κ3) is 9.72. The summed E-state index contributed by atoms with van der Waals surface area (Å²) >= 11 is 0. The highest BCUT2D eigenvalue weighted by Crippen LogP contribution is 2.42. The van der Waals surface area contributed by atoms with Gasteiger partial charge >= 0.3 is 23.9 Å². The van der Waals surface area contributed by atoms with Gasteiger partial charge in [-0.25, -0.2) is 19.2 Å². The van der Waals surface area contributed by atoms with Crippen LogP contribution in [0.2, 0.25) is 0 Å². The summed E-state index contributed by atoms with van der Waals surface area (Å²) in [6.45, 7) is 9.90. The summed E-state index contributed by atoms with van der Waals surface area (Å²) in [5.74, 6) is -2.90. The minimum absolute atomic E-state index is 0.0332. The second kappa shape index (κ2) is 17.1. The van der Waals surface area contributed by atoms with Gasteiger partial charge in [-0.05, 0) is 80.1 Å². The van der Waals surface area contributed by atoms with Gasteiger partial charge in [-0.3, -0.25) is 9.69 Å². The fourth-order valence-electron chi connectivity index (χ4n) is 6.28. The molecule has 0 saturated carbocycles. The number of benzene rings is 3. The quantitative estimate of drug-likeness (QED) is 0.243. The number of piperidine rings is 1. The predicted octanol–water partition coefficient (Wildman–Crippen LogP) is 5.46.